The van der Waals surface area contributed by atoms with Gasteiger partial charge in [-0.2, -0.15) is 5.10 Å². The minimum atomic E-state index is 0.0000382. The van der Waals surface area contributed by atoms with Gasteiger partial charge in [0.25, 0.3) is 0 Å². The van der Waals surface area contributed by atoms with E-state index >= 15 is 0 Å². The molecular weight excluding hydrogens is 324 g/mol. The van der Waals surface area contributed by atoms with Gasteiger partial charge >= 0.3 is 6.03 Å². The highest BCUT2D eigenvalue weighted by Crippen LogP contribution is 2.20. The van der Waals surface area contributed by atoms with Gasteiger partial charge in [0.05, 0.1) is 18.4 Å². The van der Waals surface area contributed by atoms with Gasteiger partial charge in [-0.05, 0) is 24.3 Å². The number of carbonyl (C=O) groups excluding carboxylic acids is 1. The number of aromatic nitrogens is 4. The van der Waals surface area contributed by atoms with Gasteiger partial charge < -0.3 is 10.2 Å². The minimum Gasteiger partial charge on any atom is -0.332 e. The van der Waals surface area contributed by atoms with Gasteiger partial charge in [0.1, 0.15) is 0 Å². The molecule has 2 amide bonds. The molecule has 0 spiro atoms. The summed E-state index contributed by atoms with van der Waals surface area (Å²) in [5, 5.41) is 9.18. The molecule has 4 heterocycles. The first-order valence-electron chi connectivity index (χ1n) is 8.09. The van der Waals surface area contributed by atoms with E-state index in [4.69, 9.17) is 0 Å². The molecule has 1 N–H and O–H groups in total. The number of aryl methyl sites for hydroxylation is 1. The fourth-order valence-electron chi connectivity index (χ4n) is 3.23. The zero-order valence-electron chi connectivity index (χ0n) is 13.6. The number of nitrogens with zero attached hydrogens (tertiary/aromatic N) is 5. The van der Waals surface area contributed by atoms with Crippen LogP contribution in [0.2, 0.25) is 0 Å². The van der Waals surface area contributed by atoms with Crippen LogP contribution in [0.5, 0.6) is 0 Å². The molecular formula is C16H20N6OS. The highest BCUT2D eigenvalue weighted by atomic mass is 32.1. The lowest BCUT2D eigenvalue weighted by Gasteiger charge is -2.16. The summed E-state index contributed by atoms with van der Waals surface area (Å²) in [6, 6.07) is 0.0000382. The topological polar surface area (TPSA) is 67.5 Å². The number of nitrogens with one attached hydrogen (secondary N) is 1. The Kier molecular flexibility index (Phi) is 3.97. The summed E-state index contributed by atoms with van der Waals surface area (Å²) in [7, 11) is 1.93. The molecule has 1 saturated heterocycles. The van der Waals surface area contributed by atoms with Gasteiger partial charge in [0.2, 0.25) is 0 Å². The van der Waals surface area contributed by atoms with E-state index in [-0.39, 0.29) is 6.03 Å². The SMILES string of the molecule is Cn1cc(CC2CCN(C(=O)NCc3cn4ccsc4n3)C2)cn1. The summed E-state index contributed by atoms with van der Waals surface area (Å²) >= 11 is 1.59. The molecule has 8 heteroatoms. The van der Waals surface area contributed by atoms with E-state index in [9.17, 15) is 4.79 Å². The van der Waals surface area contributed by atoms with Crippen LogP contribution in [0.25, 0.3) is 4.96 Å². The second-order valence-electron chi connectivity index (χ2n) is 6.31. The van der Waals surface area contributed by atoms with Crippen LogP contribution < -0.4 is 5.32 Å². The van der Waals surface area contributed by atoms with Crippen LogP contribution >= 0.6 is 11.3 Å². The van der Waals surface area contributed by atoms with Gasteiger partial charge in [-0.3, -0.25) is 9.08 Å². The average Bonchev–Trinajstić information content (AvgIpc) is 3.29. The fourth-order valence-corrected chi connectivity index (χ4v) is 3.95. The average molecular weight is 344 g/mol. The van der Waals surface area contributed by atoms with Crippen molar-refractivity contribution in [1.29, 1.82) is 0 Å². The zero-order valence-corrected chi connectivity index (χ0v) is 14.4. The number of hydrogen-bond donors (Lipinski definition) is 1. The Morgan fingerprint density at radius 3 is 3.17 bits per heavy atom. The Morgan fingerprint density at radius 1 is 1.46 bits per heavy atom. The number of urea groups is 1. The smallest absolute Gasteiger partial charge is 0.317 e. The monoisotopic (exact) mass is 344 g/mol. The standard InChI is InChI=1S/C16H20N6OS/c1-20-9-13(7-18-20)6-12-2-3-21(10-12)15(23)17-8-14-11-22-4-5-24-16(22)19-14/h4-5,7,9,11-12H,2-3,6,8,10H2,1H3,(H,17,23). The third-order valence-corrected chi connectivity index (χ3v) is 5.19. The second-order valence-corrected chi connectivity index (χ2v) is 7.18. The highest BCUT2D eigenvalue weighted by molar-refractivity contribution is 7.15. The van der Waals surface area contributed by atoms with Crippen molar-refractivity contribution in [2.45, 2.75) is 19.4 Å². The third-order valence-electron chi connectivity index (χ3n) is 4.42. The number of fused-ring (bicyclic) bond motifs is 1. The summed E-state index contributed by atoms with van der Waals surface area (Å²) in [4.78, 5) is 19.7. The Hall–Kier alpha value is -2.35. The van der Waals surface area contributed by atoms with Crippen LogP contribution in [0.3, 0.4) is 0 Å². The number of amides is 2. The second kappa shape index (κ2) is 6.27. The number of thiazole rings is 1. The van der Waals surface area contributed by atoms with Gasteiger partial charge in [-0.15, -0.1) is 11.3 Å². The van der Waals surface area contributed by atoms with Gasteiger partial charge in [-0.1, -0.05) is 0 Å². The van der Waals surface area contributed by atoms with Gasteiger partial charge in [0, 0.05) is 44.1 Å². The maximum absolute atomic E-state index is 12.3. The summed E-state index contributed by atoms with van der Waals surface area (Å²) < 4.78 is 3.80. The molecule has 1 aliphatic rings. The molecule has 7 nitrogen and oxygen atoms in total. The van der Waals surface area contributed by atoms with E-state index in [1.165, 1.54) is 5.56 Å². The summed E-state index contributed by atoms with van der Waals surface area (Å²) in [5.74, 6) is 0.512. The van der Waals surface area contributed by atoms with E-state index in [1.54, 1.807) is 11.3 Å². The number of hydrogen-bond acceptors (Lipinski definition) is 4. The normalized spacial score (nSPS) is 17.7. The summed E-state index contributed by atoms with van der Waals surface area (Å²) in [6.07, 6.45) is 9.92. The lowest BCUT2D eigenvalue weighted by molar-refractivity contribution is 0.206. The van der Waals surface area contributed by atoms with Crippen molar-refractivity contribution in [3.63, 3.8) is 0 Å². The van der Waals surface area contributed by atoms with Gasteiger partial charge in [-0.25, -0.2) is 9.78 Å². The predicted octanol–water partition coefficient (Wildman–Crippen LogP) is 1.90. The molecule has 0 aromatic carbocycles. The van der Waals surface area contributed by atoms with Crippen molar-refractivity contribution in [3.8, 4) is 0 Å². The Balaban J connectivity index is 1.28. The van der Waals surface area contributed by atoms with Crippen molar-refractivity contribution in [1.82, 2.24) is 29.4 Å². The summed E-state index contributed by atoms with van der Waals surface area (Å²) in [6.45, 7) is 2.09. The third kappa shape index (κ3) is 3.14. The van der Waals surface area contributed by atoms with Crippen LogP contribution in [0, 0.1) is 5.92 Å². The van der Waals surface area contributed by atoms with Crippen molar-refractivity contribution in [3.05, 3.63) is 41.4 Å². The first-order chi connectivity index (χ1) is 11.7. The molecule has 1 unspecified atom stereocenters. The molecule has 1 fully saturated rings. The number of carbonyl (C=O) groups is 1. The Morgan fingerprint density at radius 2 is 2.38 bits per heavy atom. The van der Waals surface area contributed by atoms with Crippen molar-refractivity contribution in [2.24, 2.45) is 13.0 Å². The molecule has 3 aromatic heterocycles. The van der Waals surface area contributed by atoms with E-state index in [1.807, 2.05) is 51.2 Å². The van der Waals surface area contributed by atoms with Crippen LogP contribution in [0.4, 0.5) is 4.79 Å². The minimum absolute atomic E-state index is 0.0000382. The Labute approximate surface area is 143 Å². The highest BCUT2D eigenvalue weighted by Gasteiger charge is 2.26. The van der Waals surface area contributed by atoms with Gasteiger partial charge in [0.15, 0.2) is 4.96 Å². The predicted molar refractivity (Wildman–Crippen MR) is 91.9 cm³/mol. The van der Waals surface area contributed by atoms with E-state index in [0.717, 1.165) is 36.6 Å². The fraction of sp³-hybridized carbons (Fsp3) is 0.438. The number of rotatable bonds is 4. The van der Waals surface area contributed by atoms with Crippen LogP contribution in [-0.2, 0) is 20.0 Å². The van der Waals surface area contributed by atoms with E-state index in [2.05, 4.69) is 15.4 Å². The molecule has 1 aliphatic heterocycles. The number of likely N-dealkylation sites (tertiary alicyclic amines) is 1. The summed E-state index contributed by atoms with van der Waals surface area (Å²) in [5.41, 5.74) is 2.13. The maximum atomic E-state index is 12.3. The molecule has 0 bridgehead atoms. The van der Waals surface area contributed by atoms with Crippen molar-refractivity contribution >= 4 is 22.3 Å². The lowest BCUT2D eigenvalue weighted by atomic mass is 10.0. The molecule has 126 valence electrons. The van der Waals surface area contributed by atoms with Crippen molar-refractivity contribution < 1.29 is 4.79 Å². The van der Waals surface area contributed by atoms with E-state index in [0.29, 0.717) is 12.5 Å². The Bertz CT molecular complexity index is 821. The molecule has 4 rings (SSSR count). The lowest BCUT2D eigenvalue weighted by Crippen LogP contribution is -2.38. The molecule has 0 saturated carbocycles. The molecule has 0 radical (unpaired) electrons. The van der Waals surface area contributed by atoms with Crippen molar-refractivity contribution in [2.75, 3.05) is 13.1 Å². The maximum Gasteiger partial charge on any atom is 0.317 e. The quantitative estimate of drug-likeness (QED) is 0.786. The van der Waals surface area contributed by atoms with Crippen LogP contribution in [0.15, 0.2) is 30.2 Å². The molecule has 0 aliphatic carbocycles. The first-order valence-corrected chi connectivity index (χ1v) is 8.97. The number of imidazole rings is 1. The van der Waals surface area contributed by atoms with Crippen LogP contribution in [0.1, 0.15) is 17.7 Å². The molecule has 1 atom stereocenters. The molecule has 24 heavy (non-hydrogen) atoms. The van der Waals surface area contributed by atoms with Crippen LogP contribution in [-0.4, -0.2) is 43.2 Å². The first kappa shape index (κ1) is 15.2. The van der Waals surface area contributed by atoms with E-state index < -0.39 is 0 Å². The zero-order chi connectivity index (χ0) is 16.5. The largest absolute Gasteiger partial charge is 0.332 e. The molecule has 3 aromatic rings.